The third-order valence-corrected chi connectivity index (χ3v) is 11.0. The molecular formula is C49H98O7S. The van der Waals surface area contributed by atoms with E-state index in [2.05, 4.69) is 26.0 Å². The van der Waals surface area contributed by atoms with Crippen LogP contribution < -0.4 is 0 Å². The maximum Gasteiger partial charge on any atom is 0.312 e. The number of hydrogen-bond acceptors (Lipinski definition) is 8. The van der Waals surface area contributed by atoms with Crippen molar-refractivity contribution in [3.63, 3.8) is 0 Å². The SMILES string of the molecule is C.C.C.C.C.C.CCCCCCCCCCCCCCCCCCOC(=O)C(C)(C)CSCCC(=O)OCC(O)COC(=O)C(C)(C)CC(CC)c1ccccc1. The molecule has 0 aliphatic rings. The molecule has 0 aliphatic carbocycles. The molecule has 57 heavy (non-hydrogen) atoms. The number of rotatable bonds is 32. The molecule has 1 N–H and O–H groups in total. The van der Waals surface area contributed by atoms with Crippen LogP contribution in [0.1, 0.15) is 220 Å². The van der Waals surface area contributed by atoms with Gasteiger partial charge in [-0.1, -0.05) is 185 Å². The number of aliphatic hydroxyl groups is 1. The Morgan fingerprint density at radius 3 is 1.53 bits per heavy atom. The Labute approximate surface area is 360 Å². The highest BCUT2D eigenvalue weighted by Crippen LogP contribution is 2.35. The van der Waals surface area contributed by atoms with Crippen LogP contribution in [0.3, 0.4) is 0 Å². The van der Waals surface area contributed by atoms with E-state index in [1.807, 2.05) is 45.9 Å². The average molecular weight is 831 g/mol. The number of unbranched alkanes of at least 4 members (excludes halogenated alkanes) is 15. The lowest BCUT2D eigenvalue weighted by Crippen LogP contribution is -2.32. The number of hydrogen-bond donors (Lipinski definition) is 1. The first-order valence-electron chi connectivity index (χ1n) is 20.2. The van der Waals surface area contributed by atoms with Crippen LogP contribution in [-0.4, -0.2) is 60.4 Å². The highest BCUT2D eigenvalue weighted by atomic mass is 32.2. The molecule has 7 nitrogen and oxygen atoms in total. The minimum absolute atomic E-state index is 0. The van der Waals surface area contributed by atoms with Crippen LogP contribution in [0.25, 0.3) is 0 Å². The van der Waals surface area contributed by atoms with Gasteiger partial charge in [0.25, 0.3) is 0 Å². The number of aliphatic hydroxyl groups excluding tert-OH is 1. The largest absolute Gasteiger partial charge is 0.465 e. The van der Waals surface area contributed by atoms with Gasteiger partial charge in [-0.2, -0.15) is 11.8 Å². The van der Waals surface area contributed by atoms with E-state index in [4.69, 9.17) is 14.2 Å². The molecule has 0 amide bonds. The fraction of sp³-hybridized carbons (Fsp3) is 0.816. The molecular weight excluding hydrogens is 733 g/mol. The lowest BCUT2D eigenvalue weighted by atomic mass is 9.79. The molecule has 0 bridgehead atoms. The number of thioether (sulfide) groups is 1. The first-order valence-corrected chi connectivity index (χ1v) is 21.4. The van der Waals surface area contributed by atoms with E-state index in [1.165, 1.54) is 107 Å². The second-order valence-electron chi connectivity index (χ2n) is 15.7. The summed E-state index contributed by atoms with van der Waals surface area (Å²) in [7, 11) is 0. The van der Waals surface area contributed by atoms with Gasteiger partial charge in [0.05, 0.1) is 23.9 Å². The maximum absolute atomic E-state index is 12.8. The van der Waals surface area contributed by atoms with Crippen molar-refractivity contribution >= 4 is 29.7 Å². The second kappa shape index (κ2) is 40.7. The van der Waals surface area contributed by atoms with Crippen molar-refractivity contribution in [2.75, 3.05) is 31.3 Å². The number of carbonyl (C=O) groups is 3. The predicted molar refractivity (Wildman–Crippen MR) is 252 cm³/mol. The maximum atomic E-state index is 12.8. The van der Waals surface area contributed by atoms with Gasteiger partial charge in [0, 0.05) is 11.5 Å². The van der Waals surface area contributed by atoms with Crippen LogP contribution in [0.2, 0.25) is 0 Å². The van der Waals surface area contributed by atoms with Crippen LogP contribution in [0.15, 0.2) is 30.3 Å². The zero-order chi connectivity index (χ0) is 37.8. The Morgan fingerprint density at radius 1 is 0.614 bits per heavy atom. The summed E-state index contributed by atoms with van der Waals surface area (Å²) in [5.74, 6) is 0.228. The molecule has 1 rings (SSSR count). The van der Waals surface area contributed by atoms with Gasteiger partial charge in [-0.15, -0.1) is 0 Å². The molecule has 0 heterocycles. The molecule has 0 fully saturated rings. The summed E-state index contributed by atoms with van der Waals surface area (Å²) in [5.41, 5.74) is -0.179. The summed E-state index contributed by atoms with van der Waals surface area (Å²) >= 11 is 1.50. The minimum Gasteiger partial charge on any atom is -0.465 e. The number of esters is 3. The molecule has 0 aliphatic heterocycles. The van der Waals surface area contributed by atoms with Crippen molar-refractivity contribution in [3.05, 3.63) is 35.9 Å². The zero-order valence-electron chi connectivity index (χ0n) is 33.3. The summed E-state index contributed by atoms with van der Waals surface area (Å²) in [6.07, 6.45) is 21.6. The zero-order valence-corrected chi connectivity index (χ0v) is 34.1. The van der Waals surface area contributed by atoms with Crippen molar-refractivity contribution in [1.29, 1.82) is 0 Å². The lowest BCUT2D eigenvalue weighted by Gasteiger charge is -2.28. The van der Waals surface area contributed by atoms with E-state index >= 15 is 0 Å². The summed E-state index contributed by atoms with van der Waals surface area (Å²) in [6, 6.07) is 10.1. The molecule has 1 aromatic carbocycles. The van der Waals surface area contributed by atoms with Crippen LogP contribution in [-0.2, 0) is 28.6 Å². The van der Waals surface area contributed by atoms with Crippen LogP contribution >= 0.6 is 11.8 Å². The molecule has 0 spiro atoms. The highest BCUT2D eigenvalue weighted by Gasteiger charge is 2.33. The normalized spacial score (nSPS) is 11.7. The summed E-state index contributed by atoms with van der Waals surface area (Å²) < 4.78 is 16.2. The van der Waals surface area contributed by atoms with Crippen LogP contribution in [0.4, 0.5) is 0 Å². The highest BCUT2D eigenvalue weighted by molar-refractivity contribution is 7.99. The first kappa shape index (κ1) is 66.7. The predicted octanol–water partition coefficient (Wildman–Crippen LogP) is 14.8. The van der Waals surface area contributed by atoms with Crippen molar-refractivity contribution in [2.24, 2.45) is 10.8 Å². The van der Waals surface area contributed by atoms with E-state index in [9.17, 15) is 19.5 Å². The van der Waals surface area contributed by atoms with Gasteiger partial charge < -0.3 is 19.3 Å². The van der Waals surface area contributed by atoms with Crippen LogP contribution in [0.5, 0.6) is 0 Å². The molecule has 2 atom stereocenters. The Bertz CT molecular complexity index is 1040. The topological polar surface area (TPSA) is 99.1 Å². The van der Waals surface area contributed by atoms with Crippen molar-refractivity contribution in [2.45, 2.75) is 220 Å². The number of carbonyl (C=O) groups excluding carboxylic acids is 3. The minimum atomic E-state index is -1.10. The molecule has 0 aromatic heterocycles. The molecule has 0 saturated heterocycles. The van der Waals surface area contributed by atoms with E-state index in [-0.39, 0.29) is 82.1 Å². The quantitative estimate of drug-likeness (QED) is 0.0435. The van der Waals surface area contributed by atoms with Crippen LogP contribution in [0, 0.1) is 10.8 Å². The summed E-state index contributed by atoms with van der Waals surface area (Å²) in [6.45, 7) is 11.8. The molecule has 8 heteroatoms. The third-order valence-electron chi connectivity index (χ3n) is 9.61. The van der Waals surface area contributed by atoms with Crippen molar-refractivity contribution < 1.29 is 33.7 Å². The average Bonchev–Trinajstić information content (AvgIpc) is 3.11. The standard InChI is InChI=1S/C43H74O7S.6CH4/c1-7-9-10-11-12-13-14-15-16-17-18-19-20-21-22-26-30-48-41(47)43(5,6)35-51-31-29-39(45)49-33-38(44)34-50-40(46)42(3,4)32-36(8-2)37-27-24-23-25-28-37;;;;;;/h23-25,27-28,36,38,44H,7-22,26,29-35H2,1-6H3;6*1H4. The Kier molecular flexibility index (Phi) is 47.7. The van der Waals surface area contributed by atoms with Gasteiger partial charge in [-0.05, 0) is 58.4 Å². The summed E-state index contributed by atoms with van der Waals surface area (Å²) in [5, 5.41) is 10.3. The van der Waals surface area contributed by atoms with Crippen molar-refractivity contribution in [3.8, 4) is 0 Å². The van der Waals surface area contributed by atoms with Gasteiger partial charge in [-0.3, -0.25) is 14.4 Å². The number of ether oxygens (including phenoxy) is 3. The van der Waals surface area contributed by atoms with Gasteiger partial charge in [0.15, 0.2) is 0 Å². The van der Waals surface area contributed by atoms with E-state index in [0.717, 1.165) is 19.3 Å². The molecule has 2 unspecified atom stereocenters. The fourth-order valence-corrected chi connectivity index (χ4v) is 7.23. The van der Waals surface area contributed by atoms with E-state index in [0.29, 0.717) is 24.5 Å². The number of benzene rings is 1. The monoisotopic (exact) mass is 831 g/mol. The molecule has 1 aromatic rings. The fourth-order valence-electron chi connectivity index (χ4n) is 6.15. The first-order chi connectivity index (χ1) is 24.4. The Balaban J connectivity index is -0.00000108. The molecule has 342 valence electrons. The van der Waals surface area contributed by atoms with Gasteiger partial charge in [-0.25, -0.2) is 0 Å². The molecule has 0 radical (unpaired) electrons. The summed E-state index contributed by atoms with van der Waals surface area (Å²) in [4.78, 5) is 37.7. The van der Waals surface area contributed by atoms with Crippen molar-refractivity contribution in [1.82, 2.24) is 0 Å². The second-order valence-corrected chi connectivity index (χ2v) is 16.8. The van der Waals surface area contributed by atoms with Gasteiger partial charge in [0.2, 0.25) is 0 Å². The van der Waals surface area contributed by atoms with E-state index < -0.39 is 22.9 Å². The van der Waals surface area contributed by atoms with Gasteiger partial charge >= 0.3 is 17.9 Å². The molecule has 0 saturated carbocycles. The third kappa shape index (κ3) is 33.5. The Hall–Kier alpha value is -2.06. The smallest absolute Gasteiger partial charge is 0.312 e. The lowest BCUT2D eigenvalue weighted by molar-refractivity contribution is -0.160. The van der Waals surface area contributed by atoms with E-state index in [1.54, 1.807) is 0 Å². The van der Waals surface area contributed by atoms with Gasteiger partial charge in [0.1, 0.15) is 19.3 Å². The Morgan fingerprint density at radius 2 is 1.05 bits per heavy atom.